The number of benzene rings is 1. The van der Waals surface area contributed by atoms with E-state index in [4.69, 9.17) is 4.74 Å². The van der Waals surface area contributed by atoms with E-state index in [2.05, 4.69) is 0 Å². The summed E-state index contributed by atoms with van der Waals surface area (Å²) in [6.07, 6.45) is 3.44. The summed E-state index contributed by atoms with van der Waals surface area (Å²) >= 11 is 0. The average Bonchev–Trinajstić information content (AvgIpc) is 2.42. The molecule has 0 aromatic heterocycles. The van der Waals surface area contributed by atoms with Gasteiger partial charge in [0.1, 0.15) is 0 Å². The second kappa shape index (κ2) is 6.32. The highest BCUT2D eigenvalue weighted by Gasteiger charge is 2.25. The predicted octanol–water partition coefficient (Wildman–Crippen LogP) is 3.00. The molecular formula is C16H18O3. The number of hydrogen-bond acceptors (Lipinski definition) is 3. The fourth-order valence-electron chi connectivity index (χ4n) is 2.34. The molecule has 100 valence electrons. The molecule has 0 fully saturated rings. The Balaban J connectivity index is 2.03. The smallest absolute Gasteiger partial charge is 0.306 e. The molecule has 0 N–H and O–H groups in total. The van der Waals surface area contributed by atoms with Crippen molar-refractivity contribution in [3.05, 3.63) is 42.0 Å². The van der Waals surface area contributed by atoms with Crippen LogP contribution in [0.25, 0.3) is 5.57 Å². The number of rotatable bonds is 4. The lowest BCUT2D eigenvalue weighted by Gasteiger charge is -2.20. The highest BCUT2D eigenvalue weighted by atomic mass is 16.5. The molecule has 0 aliphatic heterocycles. The van der Waals surface area contributed by atoms with E-state index in [9.17, 15) is 9.59 Å². The second-order valence-corrected chi connectivity index (χ2v) is 4.68. The largest absolute Gasteiger partial charge is 0.466 e. The van der Waals surface area contributed by atoms with Gasteiger partial charge in [0.15, 0.2) is 5.78 Å². The van der Waals surface area contributed by atoms with Crippen molar-refractivity contribution < 1.29 is 14.3 Å². The first-order valence-electron chi connectivity index (χ1n) is 6.66. The van der Waals surface area contributed by atoms with Gasteiger partial charge in [0.05, 0.1) is 13.0 Å². The van der Waals surface area contributed by atoms with Crippen molar-refractivity contribution in [2.45, 2.75) is 26.2 Å². The number of esters is 1. The summed E-state index contributed by atoms with van der Waals surface area (Å²) < 4.78 is 4.89. The van der Waals surface area contributed by atoms with Gasteiger partial charge in [-0.25, -0.2) is 0 Å². The number of ketones is 1. The van der Waals surface area contributed by atoms with E-state index >= 15 is 0 Å². The molecule has 0 amide bonds. The minimum Gasteiger partial charge on any atom is -0.466 e. The standard InChI is InChI=1S/C16H18O3/c1-2-19-16(18)11-14-9-8-13(10-15(14)17)12-6-4-3-5-7-12/h3-7,10,14H,2,8-9,11H2,1H3. The van der Waals surface area contributed by atoms with Crippen LogP contribution in [0.4, 0.5) is 0 Å². The Morgan fingerprint density at radius 2 is 2.05 bits per heavy atom. The van der Waals surface area contributed by atoms with E-state index in [-0.39, 0.29) is 24.1 Å². The Kier molecular flexibility index (Phi) is 4.50. The molecule has 0 saturated carbocycles. The summed E-state index contributed by atoms with van der Waals surface area (Å²) in [4.78, 5) is 23.4. The average molecular weight is 258 g/mol. The minimum atomic E-state index is -0.280. The number of ether oxygens (including phenoxy) is 1. The first-order valence-corrected chi connectivity index (χ1v) is 6.66. The Morgan fingerprint density at radius 3 is 2.68 bits per heavy atom. The molecule has 1 aromatic carbocycles. The minimum absolute atomic E-state index is 0.0400. The van der Waals surface area contributed by atoms with Crippen LogP contribution in [0, 0.1) is 5.92 Å². The van der Waals surface area contributed by atoms with Crippen LogP contribution in [0.1, 0.15) is 31.7 Å². The summed E-state index contributed by atoms with van der Waals surface area (Å²) in [5, 5.41) is 0. The van der Waals surface area contributed by atoms with Crippen LogP contribution >= 0.6 is 0 Å². The number of carbonyl (C=O) groups excluding carboxylic acids is 2. The molecule has 3 heteroatoms. The normalized spacial score (nSPS) is 18.9. The molecule has 1 aliphatic carbocycles. The second-order valence-electron chi connectivity index (χ2n) is 4.68. The van der Waals surface area contributed by atoms with Gasteiger partial charge in [-0.2, -0.15) is 0 Å². The van der Waals surface area contributed by atoms with Gasteiger partial charge in [0.25, 0.3) is 0 Å². The number of hydrogen-bond donors (Lipinski definition) is 0. The first-order chi connectivity index (χ1) is 9.20. The van der Waals surface area contributed by atoms with Crippen LogP contribution in [0.15, 0.2) is 36.4 Å². The third kappa shape index (κ3) is 3.53. The Hall–Kier alpha value is -1.90. The van der Waals surface area contributed by atoms with Gasteiger partial charge in [0, 0.05) is 5.92 Å². The lowest BCUT2D eigenvalue weighted by atomic mass is 9.84. The molecule has 0 radical (unpaired) electrons. The Labute approximate surface area is 113 Å². The maximum atomic E-state index is 12.0. The molecular weight excluding hydrogens is 240 g/mol. The molecule has 0 saturated heterocycles. The number of allylic oxidation sites excluding steroid dienone is 2. The lowest BCUT2D eigenvalue weighted by molar-refractivity contribution is -0.145. The topological polar surface area (TPSA) is 43.4 Å². The molecule has 1 aromatic rings. The molecule has 0 bridgehead atoms. The van der Waals surface area contributed by atoms with Gasteiger partial charge in [-0.3, -0.25) is 9.59 Å². The predicted molar refractivity (Wildman–Crippen MR) is 73.4 cm³/mol. The molecule has 1 aliphatic rings. The van der Waals surface area contributed by atoms with Crippen molar-refractivity contribution in [3.63, 3.8) is 0 Å². The molecule has 19 heavy (non-hydrogen) atoms. The van der Waals surface area contributed by atoms with Crippen molar-refractivity contribution in [1.29, 1.82) is 0 Å². The zero-order chi connectivity index (χ0) is 13.7. The van der Waals surface area contributed by atoms with Crippen LogP contribution in [0.5, 0.6) is 0 Å². The monoisotopic (exact) mass is 258 g/mol. The fraction of sp³-hybridized carbons (Fsp3) is 0.375. The van der Waals surface area contributed by atoms with Crippen LogP contribution in [-0.2, 0) is 14.3 Å². The first kappa shape index (κ1) is 13.5. The van der Waals surface area contributed by atoms with E-state index < -0.39 is 0 Å². The van der Waals surface area contributed by atoms with Gasteiger partial charge in [-0.1, -0.05) is 30.3 Å². The zero-order valence-electron chi connectivity index (χ0n) is 11.1. The maximum Gasteiger partial charge on any atom is 0.306 e. The molecule has 0 heterocycles. The van der Waals surface area contributed by atoms with Crippen LogP contribution in [0.2, 0.25) is 0 Å². The third-order valence-corrected chi connectivity index (χ3v) is 3.34. The Morgan fingerprint density at radius 1 is 1.32 bits per heavy atom. The van der Waals surface area contributed by atoms with E-state index in [0.29, 0.717) is 6.61 Å². The lowest BCUT2D eigenvalue weighted by Crippen LogP contribution is -2.21. The molecule has 1 atom stereocenters. The van der Waals surface area contributed by atoms with Crippen LogP contribution in [-0.4, -0.2) is 18.4 Å². The SMILES string of the molecule is CCOC(=O)CC1CCC(c2ccccc2)=CC1=O. The van der Waals surface area contributed by atoms with E-state index in [1.54, 1.807) is 13.0 Å². The zero-order valence-corrected chi connectivity index (χ0v) is 11.1. The van der Waals surface area contributed by atoms with Gasteiger partial charge < -0.3 is 4.74 Å². The van der Waals surface area contributed by atoms with E-state index in [0.717, 1.165) is 24.0 Å². The summed E-state index contributed by atoms with van der Waals surface area (Å²) in [6.45, 7) is 2.14. The van der Waals surface area contributed by atoms with E-state index in [1.807, 2.05) is 30.3 Å². The van der Waals surface area contributed by atoms with E-state index in [1.165, 1.54) is 0 Å². The quantitative estimate of drug-likeness (QED) is 0.780. The molecule has 3 nitrogen and oxygen atoms in total. The summed E-state index contributed by atoms with van der Waals surface area (Å²) in [7, 11) is 0. The number of carbonyl (C=O) groups is 2. The van der Waals surface area contributed by atoms with Gasteiger partial charge in [-0.05, 0) is 37.0 Å². The molecule has 2 rings (SSSR count). The van der Waals surface area contributed by atoms with Crippen LogP contribution in [0.3, 0.4) is 0 Å². The van der Waals surface area contributed by atoms with Crippen molar-refractivity contribution in [3.8, 4) is 0 Å². The fourth-order valence-corrected chi connectivity index (χ4v) is 2.34. The molecule has 0 spiro atoms. The Bertz CT molecular complexity index is 488. The highest BCUT2D eigenvalue weighted by molar-refractivity contribution is 6.01. The molecule has 1 unspecified atom stereocenters. The van der Waals surface area contributed by atoms with Gasteiger partial charge in [-0.15, -0.1) is 0 Å². The van der Waals surface area contributed by atoms with Crippen molar-refractivity contribution >= 4 is 17.3 Å². The van der Waals surface area contributed by atoms with Crippen molar-refractivity contribution in [2.24, 2.45) is 5.92 Å². The summed E-state index contributed by atoms with van der Waals surface area (Å²) in [5.74, 6) is -0.456. The summed E-state index contributed by atoms with van der Waals surface area (Å²) in [5.41, 5.74) is 2.15. The summed E-state index contributed by atoms with van der Waals surface area (Å²) in [6, 6.07) is 9.89. The maximum absolute atomic E-state index is 12.0. The highest BCUT2D eigenvalue weighted by Crippen LogP contribution is 2.29. The van der Waals surface area contributed by atoms with Gasteiger partial charge in [0.2, 0.25) is 0 Å². The van der Waals surface area contributed by atoms with Crippen molar-refractivity contribution in [1.82, 2.24) is 0 Å². The van der Waals surface area contributed by atoms with Gasteiger partial charge >= 0.3 is 5.97 Å². The van der Waals surface area contributed by atoms with Crippen LogP contribution < -0.4 is 0 Å². The third-order valence-electron chi connectivity index (χ3n) is 3.34. The van der Waals surface area contributed by atoms with Crippen molar-refractivity contribution in [2.75, 3.05) is 6.61 Å².